The van der Waals surface area contributed by atoms with Crippen molar-refractivity contribution in [3.8, 4) is 17.2 Å². The Morgan fingerprint density at radius 3 is 2.18 bits per heavy atom. The van der Waals surface area contributed by atoms with Gasteiger partial charge in [-0.3, -0.25) is 4.79 Å². The molecule has 0 fully saturated rings. The van der Waals surface area contributed by atoms with Crippen LogP contribution in [0.25, 0.3) is 6.08 Å². The molecule has 0 aliphatic carbocycles. The molecule has 0 unspecified atom stereocenters. The van der Waals surface area contributed by atoms with Crippen LogP contribution in [-0.2, 0) is 19.1 Å². The van der Waals surface area contributed by atoms with Crippen LogP contribution in [0.15, 0.2) is 24.3 Å². The van der Waals surface area contributed by atoms with Gasteiger partial charge >= 0.3 is 11.9 Å². The Morgan fingerprint density at radius 2 is 1.65 bits per heavy atom. The molecule has 1 amide bonds. The minimum absolute atomic E-state index is 0.169. The summed E-state index contributed by atoms with van der Waals surface area (Å²) in [6.45, 7) is 5.37. The molecule has 0 saturated carbocycles. The van der Waals surface area contributed by atoms with E-state index >= 15 is 0 Å². The highest BCUT2D eigenvalue weighted by Crippen LogP contribution is 2.38. The maximum atomic E-state index is 12.3. The number of ether oxygens (including phenoxy) is 5. The van der Waals surface area contributed by atoms with E-state index in [9.17, 15) is 14.4 Å². The van der Waals surface area contributed by atoms with Crippen molar-refractivity contribution in [2.24, 2.45) is 0 Å². The Hall–Kier alpha value is -3.53. The van der Waals surface area contributed by atoms with E-state index in [4.69, 9.17) is 23.7 Å². The second-order valence-corrected chi connectivity index (χ2v) is 8.30. The summed E-state index contributed by atoms with van der Waals surface area (Å²) in [5.41, 5.74) is 0.882. The number of carbonyl (C=O) groups excluding carboxylic acids is 3. The molecule has 10 heteroatoms. The van der Waals surface area contributed by atoms with Gasteiger partial charge in [0, 0.05) is 11.0 Å². The van der Waals surface area contributed by atoms with Crippen molar-refractivity contribution in [2.75, 3.05) is 39.9 Å². The fourth-order valence-electron chi connectivity index (χ4n) is 2.86. The molecule has 0 aliphatic rings. The van der Waals surface area contributed by atoms with E-state index in [1.165, 1.54) is 44.8 Å². The van der Waals surface area contributed by atoms with E-state index in [0.29, 0.717) is 27.8 Å². The van der Waals surface area contributed by atoms with Gasteiger partial charge in [0.2, 0.25) is 5.75 Å². The zero-order valence-corrected chi connectivity index (χ0v) is 20.9. The zero-order chi connectivity index (χ0) is 25.3. The number of benzene rings is 1. The fraction of sp³-hybridized carbons (Fsp3) is 0.375. The molecule has 0 aliphatic heterocycles. The number of hydrogen-bond donors (Lipinski definition) is 1. The van der Waals surface area contributed by atoms with Crippen molar-refractivity contribution in [1.82, 2.24) is 0 Å². The van der Waals surface area contributed by atoms with E-state index in [2.05, 4.69) is 5.32 Å². The largest absolute Gasteiger partial charge is 0.493 e. The van der Waals surface area contributed by atoms with Crippen LogP contribution in [0.2, 0.25) is 0 Å². The highest BCUT2D eigenvalue weighted by atomic mass is 32.1. The molecule has 184 valence electrons. The Balaban J connectivity index is 2.03. The van der Waals surface area contributed by atoms with Crippen LogP contribution in [0.3, 0.4) is 0 Å². The molecule has 9 nitrogen and oxygen atoms in total. The van der Waals surface area contributed by atoms with Crippen LogP contribution in [0.1, 0.15) is 47.5 Å². The van der Waals surface area contributed by atoms with E-state index in [0.717, 1.165) is 4.88 Å². The lowest BCUT2D eigenvalue weighted by Crippen LogP contribution is -2.20. The number of amides is 1. The minimum atomic E-state index is -0.719. The number of hydrogen-bond acceptors (Lipinski definition) is 9. The molecule has 0 bridgehead atoms. The number of nitrogens with one attached hydrogen (secondary N) is 1. The number of carbonyl (C=O) groups is 3. The average molecular weight is 492 g/mol. The van der Waals surface area contributed by atoms with Crippen molar-refractivity contribution < 1.29 is 38.1 Å². The van der Waals surface area contributed by atoms with Crippen molar-refractivity contribution in [1.29, 1.82) is 0 Å². The summed E-state index contributed by atoms with van der Waals surface area (Å²) in [5, 5.41) is 2.99. The van der Waals surface area contributed by atoms with E-state index < -0.39 is 24.5 Å². The predicted molar refractivity (Wildman–Crippen MR) is 129 cm³/mol. The average Bonchev–Trinajstić information content (AvgIpc) is 3.24. The van der Waals surface area contributed by atoms with Gasteiger partial charge < -0.3 is 29.0 Å². The third-order valence-electron chi connectivity index (χ3n) is 4.51. The first kappa shape index (κ1) is 26.7. The number of thiophene rings is 1. The molecule has 1 aromatic heterocycles. The van der Waals surface area contributed by atoms with Crippen LogP contribution in [-0.4, -0.2) is 52.4 Å². The van der Waals surface area contributed by atoms with Crippen LogP contribution >= 0.6 is 11.3 Å². The van der Waals surface area contributed by atoms with Gasteiger partial charge in [0.15, 0.2) is 18.1 Å². The van der Waals surface area contributed by atoms with Gasteiger partial charge in [-0.25, -0.2) is 9.59 Å². The molecular weight excluding hydrogens is 462 g/mol. The van der Waals surface area contributed by atoms with Crippen molar-refractivity contribution in [3.63, 3.8) is 0 Å². The molecule has 1 N–H and O–H groups in total. The van der Waals surface area contributed by atoms with Gasteiger partial charge in [-0.2, -0.15) is 0 Å². The van der Waals surface area contributed by atoms with E-state index in [-0.39, 0.29) is 18.1 Å². The first-order valence-corrected chi connectivity index (χ1v) is 11.3. The van der Waals surface area contributed by atoms with Gasteiger partial charge in [0.25, 0.3) is 5.91 Å². The number of anilines is 1. The summed E-state index contributed by atoms with van der Waals surface area (Å²) in [6.07, 6.45) is 2.68. The monoisotopic (exact) mass is 491 g/mol. The molecule has 2 rings (SSSR count). The molecule has 1 aromatic carbocycles. The van der Waals surface area contributed by atoms with Crippen LogP contribution in [0, 0.1) is 0 Å². The smallest absolute Gasteiger partial charge is 0.341 e. The van der Waals surface area contributed by atoms with Gasteiger partial charge in [0.1, 0.15) is 5.00 Å². The highest BCUT2D eigenvalue weighted by molar-refractivity contribution is 7.16. The predicted octanol–water partition coefficient (Wildman–Crippen LogP) is 4.27. The Morgan fingerprint density at radius 1 is 1.00 bits per heavy atom. The van der Waals surface area contributed by atoms with E-state index in [1.807, 2.05) is 13.8 Å². The first-order valence-electron chi connectivity index (χ1n) is 10.5. The topological polar surface area (TPSA) is 109 Å². The molecular formula is C24H29NO8S. The maximum Gasteiger partial charge on any atom is 0.341 e. The summed E-state index contributed by atoms with van der Waals surface area (Å²) >= 11 is 1.28. The fourth-order valence-corrected chi connectivity index (χ4v) is 3.92. The second kappa shape index (κ2) is 12.6. The van der Waals surface area contributed by atoms with Crippen molar-refractivity contribution in [3.05, 3.63) is 40.3 Å². The Kier molecular flexibility index (Phi) is 9.93. The molecule has 0 saturated heterocycles. The quantitative estimate of drug-likeness (QED) is 0.367. The molecule has 0 radical (unpaired) electrons. The van der Waals surface area contributed by atoms with Crippen molar-refractivity contribution >= 4 is 40.3 Å². The Labute approximate surface area is 202 Å². The van der Waals surface area contributed by atoms with Gasteiger partial charge in [-0.05, 0) is 42.7 Å². The van der Waals surface area contributed by atoms with E-state index in [1.54, 1.807) is 25.1 Å². The van der Waals surface area contributed by atoms with Gasteiger partial charge in [-0.15, -0.1) is 11.3 Å². The summed E-state index contributed by atoms with van der Waals surface area (Å²) in [4.78, 5) is 37.6. The lowest BCUT2D eigenvalue weighted by Gasteiger charge is -2.12. The van der Waals surface area contributed by atoms with Crippen LogP contribution in [0.4, 0.5) is 5.00 Å². The summed E-state index contributed by atoms with van der Waals surface area (Å²) in [6, 6.07) is 5.03. The summed E-state index contributed by atoms with van der Waals surface area (Å²) in [7, 11) is 4.47. The maximum absolute atomic E-state index is 12.3. The zero-order valence-electron chi connectivity index (χ0n) is 20.1. The lowest BCUT2D eigenvalue weighted by atomic mass is 10.1. The first-order chi connectivity index (χ1) is 16.2. The molecule has 34 heavy (non-hydrogen) atoms. The number of methoxy groups -OCH3 is 3. The lowest BCUT2D eigenvalue weighted by molar-refractivity contribution is -0.142. The summed E-state index contributed by atoms with van der Waals surface area (Å²) < 4.78 is 25.9. The SMILES string of the molecule is CCOC(=O)c1cc(C(C)C)sc1NC(=O)COC(=O)C=Cc1cc(OC)c(OC)c(OC)c1. The van der Waals surface area contributed by atoms with Crippen molar-refractivity contribution in [2.45, 2.75) is 26.7 Å². The summed E-state index contributed by atoms with van der Waals surface area (Å²) in [5.74, 6) is -0.349. The third kappa shape index (κ3) is 6.98. The molecule has 0 spiro atoms. The van der Waals surface area contributed by atoms with Gasteiger partial charge in [-0.1, -0.05) is 13.8 Å². The number of rotatable bonds is 11. The minimum Gasteiger partial charge on any atom is -0.493 e. The van der Waals surface area contributed by atoms with Crippen LogP contribution < -0.4 is 19.5 Å². The Bertz CT molecular complexity index is 1030. The highest BCUT2D eigenvalue weighted by Gasteiger charge is 2.20. The molecule has 1 heterocycles. The third-order valence-corrected chi connectivity index (χ3v) is 5.86. The van der Waals surface area contributed by atoms with Crippen LogP contribution in [0.5, 0.6) is 17.2 Å². The molecule has 2 aromatic rings. The standard InChI is InChI=1S/C24H29NO8S/c1-7-32-24(28)16-12-19(14(2)3)34-23(16)25-20(26)13-33-21(27)9-8-15-10-17(29-4)22(31-6)18(11-15)30-5/h8-12,14H,7,13H2,1-6H3,(H,25,26). The second-order valence-electron chi connectivity index (χ2n) is 7.21. The number of esters is 2. The normalized spacial score (nSPS) is 10.8. The van der Waals surface area contributed by atoms with Gasteiger partial charge in [0.05, 0.1) is 33.5 Å². The molecule has 0 atom stereocenters.